The van der Waals surface area contributed by atoms with Crippen LogP contribution in [0.2, 0.25) is 0 Å². The van der Waals surface area contributed by atoms with E-state index in [1.54, 1.807) is 19.2 Å². The number of likely N-dealkylation sites (tertiary alicyclic amines) is 1. The normalized spacial score (nSPS) is 23.2. The number of carbonyl (C=O) groups is 2. The van der Waals surface area contributed by atoms with E-state index in [0.29, 0.717) is 43.0 Å². The largest absolute Gasteiger partial charge is 0.492 e. The maximum atomic E-state index is 12.3. The predicted molar refractivity (Wildman–Crippen MR) is 109 cm³/mol. The standard InChI is InChI=1S/C21H21N3O4S/c1-12-11-28-15-5-4-13(6-8-21(27)7-3-9-24(2)20(21)26)10-14(15)16-17(12)29-19(23-16)18(22)25/h4-5,10,12,27H,3,7,9,11H2,1-2H3,(H2,22,25)/t12?,21-/m1/s1. The number of amides is 2. The smallest absolute Gasteiger partial charge is 0.277 e. The van der Waals surface area contributed by atoms with Crippen LogP contribution in [0.5, 0.6) is 5.75 Å². The average Bonchev–Trinajstić information content (AvgIpc) is 3.10. The number of aromatic nitrogens is 1. The molecule has 2 aromatic rings. The van der Waals surface area contributed by atoms with E-state index in [4.69, 9.17) is 10.5 Å². The van der Waals surface area contributed by atoms with Gasteiger partial charge in [-0.3, -0.25) is 9.59 Å². The van der Waals surface area contributed by atoms with Crippen molar-refractivity contribution < 1.29 is 19.4 Å². The van der Waals surface area contributed by atoms with Crippen LogP contribution in [0.25, 0.3) is 11.3 Å². The number of fused-ring (bicyclic) bond motifs is 3. The molecule has 7 nitrogen and oxygen atoms in total. The van der Waals surface area contributed by atoms with Crippen LogP contribution in [0.15, 0.2) is 18.2 Å². The third-order valence-corrected chi connectivity index (χ3v) is 6.48. The lowest BCUT2D eigenvalue weighted by atomic mass is 9.92. The summed E-state index contributed by atoms with van der Waals surface area (Å²) in [5, 5.41) is 10.9. The molecule has 0 aliphatic carbocycles. The number of aliphatic hydroxyl groups is 1. The van der Waals surface area contributed by atoms with E-state index in [0.717, 1.165) is 10.4 Å². The van der Waals surface area contributed by atoms with E-state index in [1.807, 2.05) is 13.0 Å². The lowest BCUT2D eigenvalue weighted by Gasteiger charge is -2.32. The van der Waals surface area contributed by atoms with Gasteiger partial charge in [-0.25, -0.2) is 4.98 Å². The van der Waals surface area contributed by atoms with Gasteiger partial charge in [0.05, 0.1) is 12.3 Å². The third kappa shape index (κ3) is 3.48. The number of thiazole rings is 1. The first kappa shape index (κ1) is 19.4. The fraction of sp³-hybridized carbons (Fsp3) is 0.381. The number of nitrogens with zero attached hydrogens (tertiary/aromatic N) is 2. The van der Waals surface area contributed by atoms with Crippen molar-refractivity contribution in [2.75, 3.05) is 20.2 Å². The van der Waals surface area contributed by atoms with Crippen molar-refractivity contribution in [2.24, 2.45) is 5.73 Å². The molecule has 29 heavy (non-hydrogen) atoms. The average molecular weight is 411 g/mol. The highest BCUT2D eigenvalue weighted by molar-refractivity contribution is 7.14. The van der Waals surface area contributed by atoms with Crippen molar-refractivity contribution >= 4 is 23.2 Å². The third-order valence-electron chi connectivity index (χ3n) is 5.18. The Morgan fingerprint density at radius 2 is 2.28 bits per heavy atom. The Morgan fingerprint density at radius 1 is 1.48 bits per heavy atom. The quantitative estimate of drug-likeness (QED) is 0.696. The van der Waals surface area contributed by atoms with Crippen molar-refractivity contribution in [1.82, 2.24) is 9.88 Å². The van der Waals surface area contributed by atoms with Gasteiger partial charge in [-0.1, -0.05) is 18.8 Å². The van der Waals surface area contributed by atoms with Crippen LogP contribution < -0.4 is 10.5 Å². The Kier molecular flexibility index (Phi) is 4.81. The molecule has 2 aliphatic rings. The maximum absolute atomic E-state index is 12.3. The number of piperidine rings is 1. The molecule has 2 aliphatic heterocycles. The molecule has 1 aromatic heterocycles. The predicted octanol–water partition coefficient (Wildman–Crippen LogP) is 1.74. The molecule has 2 amide bonds. The molecule has 4 rings (SSSR count). The fourth-order valence-electron chi connectivity index (χ4n) is 3.56. The number of nitrogens with two attached hydrogens (primary N) is 1. The first-order chi connectivity index (χ1) is 13.8. The summed E-state index contributed by atoms with van der Waals surface area (Å²) in [6.07, 6.45) is 1.01. The Hall–Kier alpha value is -2.89. The van der Waals surface area contributed by atoms with Gasteiger partial charge in [0.1, 0.15) is 5.75 Å². The number of hydrogen-bond donors (Lipinski definition) is 2. The van der Waals surface area contributed by atoms with E-state index in [2.05, 4.69) is 16.8 Å². The zero-order valence-electron chi connectivity index (χ0n) is 16.2. The van der Waals surface area contributed by atoms with Crippen molar-refractivity contribution in [3.8, 4) is 28.8 Å². The number of rotatable bonds is 1. The Morgan fingerprint density at radius 3 is 3.03 bits per heavy atom. The summed E-state index contributed by atoms with van der Waals surface area (Å²) < 4.78 is 5.89. The molecule has 1 saturated heterocycles. The zero-order valence-corrected chi connectivity index (χ0v) is 17.0. The summed E-state index contributed by atoms with van der Waals surface area (Å²) in [7, 11) is 1.66. The van der Waals surface area contributed by atoms with Gasteiger partial charge in [-0.2, -0.15) is 0 Å². The number of ether oxygens (including phenoxy) is 1. The molecule has 1 unspecified atom stereocenters. The van der Waals surface area contributed by atoms with E-state index < -0.39 is 11.5 Å². The van der Waals surface area contributed by atoms with Gasteiger partial charge in [0.25, 0.3) is 11.8 Å². The summed E-state index contributed by atoms with van der Waals surface area (Å²) in [5.74, 6) is 5.46. The second-order valence-electron chi connectivity index (χ2n) is 7.46. The number of likely N-dealkylation sites (N-methyl/N-ethyl adjacent to an activating group) is 1. The van der Waals surface area contributed by atoms with Gasteiger partial charge >= 0.3 is 0 Å². The summed E-state index contributed by atoms with van der Waals surface area (Å²) in [4.78, 5) is 30.8. The second kappa shape index (κ2) is 7.17. The van der Waals surface area contributed by atoms with Crippen LogP contribution in [0.3, 0.4) is 0 Å². The van der Waals surface area contributed by atoms with E-state index >= 15 is 0 Å². The molecule has 8 heteroatoms. The molecule has 1 aromatic carbocycles. The minimum Gasteiger partial charge on any atom is -0.492 e. The molecule has 150 valence electrons. The molecular formula is C21H21N3O4S. The van der Waals surface area contributed by atoms with Crippen molar-refractivity contribution in [2.45, 2.75) is 31.3 Å². The summed E-state index contributed by atoms with van der Waals surface area (Å²) in [6.45, 7) is 3.09. The van der Waals surface area contributed by atoms with Gasteiger partial charge in [0.2, 0.25) is 5.60 Å². The zero-order chi connectivity index (χ0) is 20.8. The SMILES string of the molecule is CC1COc2ccc(C#C[C@]3(O)CCCN(C)C3=O)cc2-c2nc(C(N)=O)sc21. The summed E-state index contributed by atoms with van der Waals surface area (Å²) in [5.41, 5.74) is 5.76. The molecular weight excluding hydrogens is 390 g/mol. The highest BCUT2D eigenvalue weighted by Crippen LogP contribution is 2.41. The molecule has 3 heterocycles. The minimum absolute atomic E-state index is 0.0636. The minimum atomic E-state index is -1.67. The monoisotopic (exact) mass is 411 g/mol. The molecule has 0 bridgehead atoms. The number of primary amides is 1. The molecule has 0 saturated carbocycles. The highest BCUT2D eigenvalue weighted by Gasteiger charge is 2.39. The molecule has 2 atom stereocenters. The number of hydrogen-bond acceptors (Lipinski definition) is 6. The van der Waals surface area contributed by atoms with Crippen LogP contribution in [-0.2, 0) is 4.79 Å². The van der Waals surface area contributed by atoms with Gasteiger partial charge < -0.3 is 20.5 Å². The number of benzene rings is 1. The molecule has 3 N–H and O–H groups in total. The van der Waals surface area contributed by atoms with Gasteiger partial charge in [0, 0.05) is 35.5 Å². The van der Waals surface area contributed by atoms with E-state index in [9.17, 15) is 14.7 Å². The van der Waals surface area contributed by atoms with Crippen LogP contribution in [0, 0.1) is 11.8 Å². The lowest BCUT2D eigenvalue weighted by molar-refractivity contribution is -0.148. The summed E-state index contributed by atoms with van der Waals surface area (Å²) in [6, 6.07) is 5.39. The Balaban J connectivity index is 1.75. The molecule has 0 radical (unpaired) electrons. The van der Waals surface area contributed by atoms with Crippen LogP contribution in [0.1, 0.15) is 45.9 Å². The van der Waals surface area contributed by atoms with E-state index in [-0.39, 0.29) is 16.8 Å². The summed E-state index contributed by atoms with van der Waals surface area (Å²) >= 11 is 1.28. The van der Waals surface area contributed by atoms with Gasteiger partial charge in [0.15, 0.2) is 5.01 Å². The van der Waals surface area contributed by atoms with E-state index in [1.165, 1.54) is 16.2 Å². The Bertz CT molecular complexity index is 1070. The van der Waals surface area contributed by atoms with Crippen molar-refractivity contribution in [3.05, 3.63) is 33.6 Å². The van der Waals surface area contributed by atoms with Gasteiger partial charge in [-0.05, 0) is 31.0 Å². The maximum Gasteiger partial charge on any atom is 0.277 e. The molecule has 0 spiro atoms. The topological polar surface area (TPSA) is 106 Å². The first-order valence-electron chi connectivity index (χ1n) is 9.37. The Labute approximate surface area is 172 Å². The first-order valence-corrected chi connectivity index (χ1v) is 10.2. The number of carbonyl (C=O) groups excluding carboxylic acids is 2. The lowest BCUT2D eigenvalue weighted by Crippen LogP contribution is -2.51. The van der Waals surface area contributed by atoms with Crippen molar-refractivity contribution in [1.29, 1.82) is 0 Å². The van der Waals surface area contributed by atoms with Gasteiger partial charge in [-0.15, -0.1) is 11.3 Å². The fourth-order valence-corrected chi connectivity index (χ4v) is 4.53. The van der Waals surface area contributed by atoms with Crippen LogP contribution >= 0.6 is 11.3 Å². The molecule has 1 fully saturated rings. The second-order valence-corrected chi connectivity index (χ2v) is 8.49. The highest BCUT2D eigenvalue weighted by atomic mass is 32.1. The van der Waals surface area contributed by atoms with Crippen molar-refractivity contribution in [3.63, 3.8) is 0 Å². The van der Waals surface area contributed by atoms with Crippen LogP contribution in [-0.4, -0.2) is 52.6 Å². The van der Waals surface area contributed by atoms with Crippen LogP contribution in [0.4, 0.5) is 0 Å².